The van der Waals surface area contributed by atoms with E-state index in [9.17, 15) is 24.3 Å². The first-order valence-electron chi connectivity index (χ1n) is 11.1. The largest absolute Gasteiger partial charge is 0.486 e. The minimum absolute atomic E-state index is 0.0237. The van der Waals surface area contributed by atoms with Crippen LogP contribution in [0.4, 0.5) is 10.1 Å². The van der Waals surface area contributed by atoms with Crippen LogP contribution in [-0.4, -0.2) is 53.3 Å². The van der Waals surface area contributed by atoms with E-state index in [1.165, 1.54) is 11.8 Å². The first kappa shape index (κ1) is 22.7. The highest BCUT2D eigenvalue weighted by Crippen LogP contribution is 2.32. The Morgan fingerprint density at radius 3 is 2.64 bits per heavy atom. The molecule has 2 N–H and O–H groups in total. The van der Waals surface area contributed by atoms with Gasteiger partial charge in [0.25, 0.3) is 5.91 Å². The number of carbonyl (C=O) groups excluding carboxylic acids is 2. The fourth-order valence-corrected chi connectivity index (χ4v) is 3.91. The number of ether oxygens (including phenoxy) is 1. The maximum atomic E-state index is 14.7. The predicted molar refractivity (Wildman–Crippen MR) is 120 cm³/mol. The van der Waals surface area contributed by atoms with Crippen LogP contribution >= 0.6 is 0 Å². The minimum Gasteiger partial charge on any atom is -0.486 e. The first-order valence-corrected chi connectivity index (χ1v) is 11.1. The summed E-state index contributed by atoms with van der Waals surface area (Å²) in [6.45, 7) is 1.47. The maximum absolute atomic E-state index is 14.7. The number of piperidine rings is 1. The van der Waals surface area contributed by atoms with Crippen molar-refractivity contribution in [1.29, 1.82) is 5.26 Å². The standard InChI is InChI=1S/C25H26FN3O4/c1-15(30)25(32)29-10-9-23(21(26)14-29)33-22-8-7-18(11-19(22)13-27)17-3-2-4-20(12-17)28-24(31)16-5-6-16/h2-4,7-8,11-12,15-16,21,23,30H,5-6,9-10,14H2,1H3,(H,28,31)/t15-,21+,23-/m0/s1. The lowest BCUT2D eigenvalue weighted by molar-refractivity contribution is -0.143. The number of anilines is 1. The highest BCUT2D eigenvalue weighted by atomic mass is 19.1. The van der Waals surface area contributed by atoms with Crippen LogP contribution in [0.2, 0.25) is 0 Å². The molecule has 0 aromatic heterocycles. The third-order valence-electron chi connectivity index (χ3n) is 5.94. The molecule has 172 valence electrons. The number of likely N-dealkylation sites (tertiary alicyclic amines) is 1. The van der Waals surface area contributed by atoms with Crippen LogP contribution in [0, 0.1) is 17.2 Å². The zero-order valence-electron chi connectivity index (χ0n) is 18.3. The summed E-state index contributed by atoms with van der Waals surface area (Å²) in [6, 6.07) is 14.6. The summed E-state index contributed by atoms with van der Waals surface area (Å²) in [5, 5.41) is 22.0. The average molecular weight is 451 g/mol. The van der Waals surface area contributed by atoms with Crippen LogP contribution in [0.25, 0.3) is 11.1 Å². The van der Waals surface area contributed by atoms with Gasteiger partial charge >= 0.3 is 0 Å². The van der Waals surface area contributed by atoms with Crippen molar-refractivity contribution in [1.82, 2.24) is 4.90 Å². The zero-order chi connectivity index (χ0) is 23.5. The highest BCUT2D eigenvalue weighted by Gasteiger charge is 2.34. The number of hydrogen-bond donors (Lipinski definition) is 2. The Hall–Kier alpha value is -3.44. The topological polar surface area (TPSA) is 103 Å². The molecule has 2 aliphatic rings. The van der Waals surface area contributed by atoms with Gasteiger partial charge in [0.05, 0.1) is 12.1 Å². The van der Waals surface area contributed by atoms with E-state index in [0.29, 0.717) is 5.69 Å². The second-order valence-corrected chi connectivity index (χ2v) is 8.59. The van der Waals surface area contributed by atoms with Gasteiger partial charge in [-0.3, -0.25) is 9.59 Å². The Bertz CT molecular complexity index is 1090. The lowest BCUT2D eigenvalue weighted by Gasteiger charge is -2.35. The first-order chi connectivity index (χ1) is 15.9. The summed E-state index contributed by atoms with van der Waals surface area (Å²) in [5.41, 5.74) is 2.58. The molecule has 2 aromatic carbocycles. The number of hydrogen-bond acceptors (Lipinski definition) is 5. The Morgan fingerprint density at radius 1 is 1.21 bits per heavy atom. The number of nitriles is 1. The zero-order valence-corrected chi connectivity index (χ0v) is 18.3. The highest BCUT2D eigenvalue weighted by molar-refractivity contribution is 5.94. The quantitative estimate of drug-likeness (QED) is 0.702. The SMILES string of the molecule is C[C@H](O)C(=O)N1CC[C@H](Oc2ccc(-c3cccc(NC(=O)C4CC4)c3)cc2C#N)[C@H](F)C1. The van der Waals surface area contributed by atoms with Gasteiger partial charge in [-0.1, -0.05) is 18.2 Å². The van der Waals surface area contributed by atoms with E-state index in [2.05, 4.69) is 11.4 Å². The predicted octanol–water partition coefficient (Wildman–Crippen LogP) is 3.27. The summed E-state index contributed by atoms with van der Waals surface area (Å²) in [6.07, 6.45) is -1.29. The molecule has 2 aromatic rings. The summed E-state index contributed by atoms with van der Waals surface area (Å²) in [5.74, 6) is -0.0988. The van der Waals surface area contributed by atoms with Gasteiger partial charge in [0.1, 0.15) is 24.0 Å². The summed E-state index contributed by atoms with van der Waals surface area (Å²) >= 11 is 0. The molecule has 1 saturated heterocycles. The molecule has 7 nitrogen and oxygen atoms in total. The lowest BCUT2D eigenvalue weighted by Crippen LogP contribution is -2.51. The van der Waals surface area contributed by atoms with Gasteiger partial charge in [-0.2, -0.15) is 5.26 Å². The van der Waals surface area contributed by atoms with Gasteiger partial charge in [0.2, 0.25) is 5.91 Å². The van der Waals surface area contributed by atoms with Gasteiger partial charge in [-0.15, -0.1) is 0 Å². The van der Waals surface area contributed by atoms with Crippen molar-refractivity contribution in [3.05, 3.63) is 48.0 Å². The Morgan fingerprint density at radius 2 is 1.97 bits per heavy atom. The minimum atomic E-state index is -1.43. The number of nitrogens with zero attached hydrogens (tertiary/aromatic N) is 2. The van der Waals surface area contributed by atoms with Crippen molar-refractivity contribution in [3.8, 4) is 22.9 Å². The number of aliphatic hydroxyl groups excluding tert-OH is 1. The van der Waals surface area contributed by atoms with E-state index in [-0.39, 0.29) is 42.6 Å². The molecule has 1 saturated carbocycles. The van der Waals surface area contributed by atoms with Crippen molar-refractivity contribution in [2.75, 3.05) is 18.4 Å². The number of carbonyl (C=O) groups is 2. The van der Waals surface area contributed by atoms with Crippen LogP contribution < -0.4 is 10.1 Å². The Labute approximate surface area is 191 Å². The van der Waals surface area contributed by atoms with Crippen LogP contribution in [-0.2, 0) is 9.59 Å². The van der Waals surface area contributed by atoms with Crippen molar-refractivity contribution >= 4 is 17.5 Å². The van der Waals surface area contributed by atoms with Crippen LogP contribution in [0.1, 0.15) is 31.7 Å². The summed E-state index contributed by atoms with van der Waals surface area (Å²) < 4.78 is 20.5. The van der Waals surface area contributed by atoms with E-state index in [4.69, 9.17) is 4.74 Å². The molecule has 0 bridgehead atoms. The van der Waals surface area contributed by atoms with E-state index >= 15 is 0 Å². The second-order valence-electron chi connectivity index (χ2n) is 8.59. The molecule has 33 heavy (non-hydrogen) atoms. The number of benzene rings is 2. The number of alkyl halides is 1. The van der Waals surface area contributed by atoms with Crippen molar-refractivity contribution in [2.45, 2.75) is 44.6 Å². The summed E-state index contributed by atoms with van der Waals surface area (Å²) in [7, 11) is 0. The molecule has 3 atom stereocenters. The Balaban J connectivity index is 1.46. The van der Waals surface area contributed by atoms with Gasteiger partial charge in [0.15, 0.2) is 6.17 Å². The summed E-state index contributed by atoms with van der Waals surface area (Å²) in [4.78, 5) is 25.2. The van der Waals surface area contributed by atoms with Crippen molar-refractivity contribution < 1.29 is 23.8 Å². The van der Waals surface area contributed by atoms with E-state index < -0.39 is 24.3 Å². The van der Waals surface area contributed by atoms with E-state index in [0.717, 1.165) is 24.0 Å². The normalized spacial score (nSPS) is 21.1. The number of halogens is 1. The van der Waals surface area contributed by atoms with Gasteiger partial charge in [-0.25, -0.2) is 4.39 Å². The second kappa shape index (κ2) is 9.59. The molecule has 1 aliphatic carbocycles. The average Bonchev–Trinajstić information content (AvgIpc) is 3.66. The molecule has 2 amide bonds. The molecule has 1 aliphatic heterocycles. The third-order valence-corrected chi connectivity index (χ3v) is 5.94. The number of aliphatic hydroxyl groups is 1. The molecule has 0 radical (unpaired) electrons. The van der Waals surface area contributed by atoms with Crippen molar-refractivity contribution in [3.63, 3.8) is 0 Å². The van der Waals surface area contributed by atoms with Crippen LogP contribution in [0.15, 0.2) is 42.5 Å². The lowest BCUT2D eigenvalue weighted by atomic mass is 10.0. The van der Waals surface area contributed by atoms with Crippen LogP contribution in [0.5, 0.6) is 5.75 Å². The molecule has 0 spiro atoms. The number of rotatable bonds is 6. The fraction of sp³-hybridized carbons (Fsp3) is 0.400. The molecule has 1 heterocycles. The molecule has 8 heteroatoms. The number of amides is 2. The van der Waals surface area contributed by atoms with Gasteiger partial charge in [-0.05, 0) is 55.2 Å². The molecule has 0 unspecified atom stereocenters. The van der Waals surface area contributed by atoms with Crippen molar-refractivity contribution in [2.24, 2.45) is 5.92 Å². The number of nitrogens with one attached hydrogen (secondary N) is 1. The van der Waals surface area contributed by atoms with Gasteiger partial charge in [0, 0.05) is 24.6 Å². The molecular formula is C25H26FN3O4. The fourth-order valence-electron chi connectivity index (χ4n) is 3.91. The van der Waals surface area contributed by atoms with E-state index in [1.807, 2.05) is 24.3 Å². The smallest absolute Gasteiger partial charge is 0.251 e. The molecular weight excluding hydrogens is 425 g/mol. The molecule has 2 fully saturated rings. The van der Waals surface area contributed by atoms with Gasteiger partial charge < -0.3 is 20.1 Å². The third kappa shape index (κ3) is 5.32. The van der Waals surface area contributed by atoms with Crippen LogP contribution in [0.3, 0.4) is 0 Å². The molecule has 4 rings (SSSR count). The monoisotopic (exact) mass is 451 g/mol. The van der Waals surface area contributed by atoms with E-state index in [1.54, 1.807) is 18.2 Å². The maximum Gasteiger partial charge on any atom is 0.251 e. The Kier molecular flexibility index (Phi) is 6.61.